The lowest BCUT2D eigenvalue weighted by molar-refractivity contribution is 0.105. The molecule has 0 saturated heterocycles. The first-order chi connectivity index (χ1) is 12.7. The second-order valence-corrected chi connectivity index (χ2v) is 9.74. The highest BCUT2D eigenvalue weighted by Gasteiger charge is 2.39. The molecule has 3 rings (SSSR count). The number of hydrogen-bond donors (Lipinski definition) is 4. The number of rotatable bonds is 8. The molecule has 0 aromatic heterocycles. The minimum atomic E-state index is -0.131. The van der Waals surface area contributed by atoms with Gasteiger partial charge in [-0.05, 0) is 45.4 Å². The Balaban J connectivity index is 1.68. The number of nitrogens with one attached hydrogen (secondary N) is 4. The van der Waals surface area contributed by atoms with Crippen LogP contribution in [-0.2, 0) is 0 Å². The molecule has 3 saturated carbocycles. The highest BCUT2D eigenvalue weighted by Crippen LogP contribution is 2.24. The topological polar surface area (TPSA) is 48.1 Å². The number of hydrogen-bond acceptors (Lipinski definition) is 4. The van der Waals surface area contributed by atoms with Gasteiger partial charge in [0.1, 0.15) is 5.79 Å². The summed E-state index contributed by atoms with van der Waals surface area (Å²) in [5, 5.41) is 12.2. The Hall–Kier alpha value is 0.0569. The molecule has 3 fully saturated rings. The van der Waals surface area contributed by atoms with Crippen LogP contribution in [0.2, 0.25) is 0 Å². The highest BCUT2D eigenvalue weighted by molar-refractivity contribution is 6.04. The van der Waals surface area contributed by atoms with Crippen LogP contribution in [0.15, 0.2) is 0 Å². The van der Waals surface area contributed by atoms with Gasteiger partial charge in [0.2, 0.25) is 0 Å². The summed E-state index contributed by atoms with van der Waals surface area (Å²) in [5.41, 5.74) is 0. The molecule has 4 N–H and O–H groups in total. The summed E-state index contributed by atoms with van der Waals surface area (Å²) in [6, 6.07) is 2.44. The third kappa shape index (κ3) is 5.78. The van der Waals surface area contributed by atoms with Crippen molar-refractivity contribution in [2.24, 2.45) is 0 Å². The lowest BCUT2D eigenvalue weighted by Gasteiger charge is -2.48. The van der Waals surface area contributed by atoms with E-state index in [0.29, 0.717) is 24.2 Å². The lowest BCUT2D eigenvalue weighted by atomic mass is 9.91. The van der Waals surface area contributed by atoms with Crippen molar-refractivity contribution >= 4 is 10.4 Å². The van der Waals surface area contributed by atoms with Crippen molar-refractivity contribution in [3.8, 4) is 0 Å². The Labute approximate surface area is 164 Å². The summed E-state index contributed by atoms with van der Waals surface area (Å²) in [5.74, 6) is -0.131. The quantitative estimate of drug-likeness (QED) is 0.386. The molecule has 0 bridgehead atoms. The first-order valence-electron chi connectivity index (χ1n) is 11.7. The fourth-order valence-corrected chi connectivity index (χ4v) is 6.26. The molecule has 26 heavy (non-hydrogen) atoms. The average Bonchev–Trinajstić information content (AvgIpc) is 2.70. The third-order valence-electron chi connectivity index (χ3n) is 7.21. The fourth-order valence-electron chi connectivity index (χ4n) is 5.54. The fraction of sp³-hybridized carbons (Fsp3) is 1.00. The molecule has 1 unspecified atom stereocenters. The molecule has 3 aliphatic rings. The smallest absolute Gasteiger partial charge is 0.132 e. The van der Waals surface area contributed by atoms with Crippen molar-refractivity contribution < 1.29 is 0 Å². The Morgan fingerprint density at radius 2 is 1.04 bits per heavy atom. The molecule has 152 valence electrons. The molecule has 0 amide bonds. The average molecular weight is 381 g/mol. The van der Waals surface area contributed by atoms with Crippen LogP contribution in [0.25, 0.3) is 0 Å². The van der Waals surface area contributed by atoms with Gasteiger partial charge in [-0.15, -0.1) is 0 Å². The standard InChI is InChI=1S/C21H44N4Si/c1-17(22-18-11-5-2-6-12-18)21(25-26,23-19-13-7-3-8-14-19)24-20-15-9-4-10-16-20/h17-20,22-25H,2-16H2,1,26H3. The van der Waals surface area contributed by atoms with Gasteiger partial charge in [0.05, 0.1) is 10.4 Å². The molecule has 4 nitrogen and oxygen atoms in total. The van der Waals surface area contributed by atoms with Crippen LogP contribution in [0.4, 0.5) is 0 Å². The predicted molar refractivity (Wildman–Crippen MR) is 115 cm³/mol. The minimum absolute atomic E-state index is 0.131. The zero-order valence-electron chi connectivity index (χ0n) is 17.4. The van der Waals surface area contributed by atoms with E-state index < -0.39 is 0 Å². The van der Waals surface area contributed by atoms with E-state index in [0.717, 1.165) is 10.4 Å². The molecular weight excluding hydrogens is 336 g/mol. The normalized spacial score (nSPS) is 26.2. The van der Waals surface area contributed by atoms with Gasteiger partial charge in [0.25, 0.3) is 0 Å². The van der Waals surface area contributed by atoms with Crippen LogP contribution >= 0.6 is 0 Å². The van der Waals surface area contributed by atoms with Crippen LogP contribution < -0.4 is 20.9 Å². The van der Waals surface area contributed by atoms with E-state index in [1.165, 1.54) is 96.3 Å². The maximum atomic E-state index is 4.11. The minimum Gasteiger partial charge on any atom is -0.316 e. The van der Waals surface area contributed by atoms with Crippen LogP contribution in [0, 0.1) is 0 Å². The summed E-state index contributed by atoms with van der Waals surface area (Å²) < 4.78 is 0. The monoisotopic (exact) mass is 380 g/mol. The Morgan fingerprint density at radius 1 is 0.654 bits per heavy atom. The van der Waals surface area contributed by atoms with Gasteiger partial charge in [-0.2, -0.15) is 0 Å². The SMILES string of the molecule is CC(NC1CCCCC1)C(N[SiH3])(NC1CCCCC1)NC1CCCCC1. The van der Waals surface area contributed by atoms with E-state index in [-0.39, 0.29) is 5.79 Å². The highest BCUT2D eigenvalue weighted by atomic mass is 28.2. The van der Waals surface area contributed by atoms with Gasteiger partial charge in [-0.25, -0.2) is 0 Å². The summed E-state index contributed by atoms with van der Waals surface area (Å²) in [7, 11) is 1.01. The van der Waals surface area contributed by atoms with Crippen LogP contribution in [0.1, 0.15) is 103 Å². The maximum absolute atomic E-state index is 4.11. The Morgan fingerprint density at radius 3 is 1.42 bits per heavy atom. The van der Waals surface area contributed by atoms with Crippen molar-refractivity contribution in [1.82, 2.24) is 20.9 Å². The summed E-state index contributed by atoms with van der Waals surface area (Å²) in [6.45, 7) is 2.41. The van der Waals surface area contributed by atoms with Gasteiger partial charge in [0.15, 0.2) is 0 Å². The van der Waals surface area contributed by atoms with Gasteiger partial charge >= 0.3 is 0 Å². The molecule has 0 spiro atoms. The Kier molecular flexibility index (Phi) is 8.44. The van der Waals surface area contributed by atoms with Gasteiger partial charge in [0, 0.05) is 24.2 Å². The first kappa shape index (κ1) is 20.8. The van der Waals surface area contributed by atoms with Crippen molar-refractivity contribution in [3.05, 3.63) is 0 Å². The largest absolute Gasteiger partial charge is 0.316 e. The van der Waals surface area contributed by atoms with E-state index in [2.05, 4.69) is 27.9 Å². The first-order valence-corrected chi connectivity index (χ1v) is 12.7. The molecule has 0 aliphatic heterocycles. The predicted octanol–water partition coefficient (Wildman–Crippen LogP) is 2.67. The zero-order chi connectivity index (χ0) is 18.2. The summed E-state index contributed by atoms with van der Waals surface area (Å²) >= 11 is 0. The van der Waals surface area contributed by atoms with E-state index in [4.69, 9.17) is 0 Å². The molecule has 0 aromatic carbocycles. The summed E-state index contributed by atoms with van der Waals surface area (Å²) in [6.07, 6.45) is 20.7. The van der Waals surface area contributed by atoms with E-state index in [1.807, 2.05) is 0 Å². The molecule has 1 atom stereocenters. The second-order valence-electron chi connectivity index (χ2n) is 9.24. The van der Waals surface area contributed by atoms with Crippen LogP contribution in [-0.4, -0.2) is 40.4 Å². The molecular formula is C21H44N4Si. The van der Waals surface area contributed by atoms with E-state index in [1.54, 1.807) is 0 Å². The van der Waals surface area contributed by atoms with Crippen LogP contribution in [0.3, 0.4) is 0 Å². The molecule has 0 heterocycles. The van der Waals surface area contributed by atoms with Gasteiger partial charge in [-0.1, -0.05) is 57.8 Å². The summed E-state index contributed by atoms with van der Waals surface area (Å²) in [4.78, 5) is 3.85. The third-order valence-corrected chi connectivity index (χ3v) is 8.00. The maximum Gasteiger partial charge on any atom is 0.132 e. The molecule has 5 heteroatoms. The molecule has 3 aliphatic carbocycles. The zero-order valence-corrected chi connectivity index (χ0v) is 19.4. The molecule has 0 aromatic rings. The second kappa shape index (κ2) is 10.6. The Bertz CT molecular complexity index is 367. The van der Waals surface area contributed by atoms with E-state index in [9.17, 15) is 0 Å². The van der Waals surface area contributed by atoms with Crippen LogP contribution in [0.5, 0.6) is 0 Å². The van der Waals surface area contributed by atoms with Crippen molar-refractivity contribution in [3.63, 3.8) is 0 Å². The van der Waals surface area contributed by atoms with Crippen molar-refractivity contribution in [1.29, 1.82) is 0 Å². The van der Waals surface area contributed by atoms with Crippen molar-refractivity contribution in [2.75, 3.05) is 0 Å². The molecule has 0 radical (unpaired) electrons. The van der Waals surface area contributed by atoms with Crippen molar-refractivity contribution in [2.45, 2.75) is 133 Å². The van der Waals surface area contributed by atoms with Gasteiger partial charge < -0.3 is 10.3 Å². The van der Waals surface area contributed by atoms with Gasteiger partial charge in [-0.3, -0.25) is 10.6 Å². The lowest BCUT2D eigenvalue weighted by Crippen LogP contribution is -2.78. The van der Waals surface area contributed by atoms with E-state index >= 15 is 0 Å².